The number of carbonyl (C=O) groups excluding carboxylic acids is 2. The van der Waals surface area contributed by atoms with Crippen molar-refractivity contribution >= 4 is 50.7 Å². The van der Waals surface area contributed by atoms with Crippen molar-refractivity contribution < 1.29 is 18.0 Å². The third kappa shape index (κ3) is 6.15. The van der Waals surface area contributed by atoms with E-state index < -0.39 is 34.4 Å². The molecule has 174 valence electrons. The van der Waals surface area contributed by atoms with Crippen LogP contribution in [0, 0.1) is 13.8 Å². The second kappa shape index (κ2) is 10.6. The number of rotatable bonds is 8. The summed E-state index contributed by atoms with van der Waals surface area (Å²) in [5, 5.41) is 3.20. The Morgan fingerprint density at radius 3 is 2.22 bits per heavy atom. The number of hydrogen-bond donors (Lipinski definition) is 1. The molecule has 2 aromatic rings. The van der Waals surface area contributed by atoms with Crippen molar-refractivity contribution in [3.63, 3.8) is 0 Å². The lowest BCUT2D eigenvalue weighted by molar-refractivity contribution is -0.139. The molecule has 0 spiro atoms. The SMILES string of the molecule is CNC(=O)[C@@H](C)N(Cc1c(Cl)cccc1Cl)C(=O)CN(c1cc(C)ccc1C)S(C)(=O)=O. The maximum Gasteiger partial charge on any atom is 0.244 e. The quantitative estimate of drug-likeness (QED) is 0.601. The van der Waals surface area contributed by atoms with Gasteiger partial charge < -0.3 is 10.2 Å². The average molecular weight is 500 g/mol. The van der Waals surface area contributed by atoms with Crippen molar-refractivity contribution in [3.8, 4) is 0 Å². The van der Waals surface area contributed by atoms with E-state index in [4.69, 9.17) is 23.2 Å². The van der Waals surface area contributed by atoms with Gasteiger partial charge in [-0.25, -0.2) is 8.42 Å². The Kier molecular flexibility index (Phi) is 8.56. The predicted octanol–water partition coefficient (Wildman–Crippen LogP) is 3.54. The Morgan fingerprint density at radius 2 is 1.69 bits per heavy atom. The smallest absolute Gasteiger partial charge is 0.244 e. The first-order valence-corrected chi connectivity index (χ1v) is 12.5. The fourth-order valence-electron chi connectivity index (χ4n) is 3.23. The highest BCUT2D eigenvalue weighted by Crippen LogP contribution is 2.28. The number of halogens is 2. The molecular formula is C22H27Cl2N3O4S. The molecule has 0 aliphatic carbocycles. The largest absolute Gasteiger partial charge is 0.357 e. The minimum atomic E-state index is -3.79. The molecule has 0 aromatic heterocycles. The molecular weight excluding hydrogens is 473 g/mol. The van der Waals surface area contributed by atoms with Crippen molar-refractivity contribution in [1.29, 1.82) is 0 Å². The van der Waals surface area contributed by atoms with Crippen LogP contribution in [0.5, 0.6) is 0 Å². The van der Waals surface area contributed by atoms with Gasteiger partial charge in [0.1, 0.15) is 12.6 Å². The van der Waals surface area contributed by atoms with Gasteiger partial charge in [0.25, 0.3) is 0 Å². The molecule has 10 heteroatoms. The zero-order chi connectivity index (χ0) is 24.2. The second-order valence-electron chi connectivity index (χ2n) is 7.57. The molecule has 1 atom stereocenters. The number of benzene rings is 2. The Bertz CT molecular complexity index is 1100. The van der Waals surface area contributed by atoms with Crippen LogP contribution in [-0.2, 0) is 26.2 Å². The summed E-state index contributed by atoms with van der Waals surface area (Å²) in [7, 11) is -2.33. The molecule has 0 saturated carbocycles. The number of aryl methyl sites for hydroxylation is 2. The summed E-state index contributed by atoms with van der Waals surface area (Å²) in [6.45, 7) is 4.63. The maximum absolute atomic E-state index is 13.4. The van der Waals surface area contributed by atoms with E-state index in [1.54, 1.807) is 44.2 Å². The van der Waals surface area contributed by atoms with Gasteiger partial charge in [0.05, 0.1) is 11.9 Å². The van der Waals surface area contributed by atoms with Crippen molar-refractivity contribution in [3.05, 3.63) is 63.1 Å². The zero-order valence-corrected chi connectivity index (χ0v) is 21.0. The van der Waals surface area contributed by atoms with E-state index in [9.17, 15) is 18.0 Å². The first-order chi connectivity index (χ1) is 14.9. The molecule has 0 radical (unpaired) electrons. The minimum Gasteiger partial charge on any atom is -0.357 e. The van der Waals surface area contributed by atoms with E-state index in [0.717, 1.165) is 16.1 Å². The summed E-state index contributed by atoms with van der Waals surface area (Å²) in [6, 6.07) is 9.42. The predicted molar refractivity (Wildman–Crippen MR) is 129 cm³/mol. The van der Waals surface area contributed by atoms with Gasteiger partial charge in [-0.2, -0.15) is 0 Å². The highest BCUT2D eigenvalue weighted by molar-refractivity contribution is 7.92. The maximum atomic E-state index is 13.4. The van der Waals surface area contributed by atoms with E-state index in [0.29, 0.717) is 26.9 Å². The van der Waals surface area contributed by atoms with Crippen LogP contribution < -0.4 is 9.62 Å². The standard InChI is InChI=1S/C22H27Cl2N3O4S/c1-14-9-10-15(2)20(11-14)27(32(5,30)31)13-21(28)26(16(3)22(29)25-4)12-17-18(23)7-6-8-19(17)24/h6-11,16H,12-13H2,1-5H3,(H,25,29)/t16-/m1/s1. The third-order valence-electron chi connectivity index (χ3n) is 5.12. The van der Waals surface area contributed by atoms with Crippen LogP contribution in [0.3, 0.4) is 0 Å². The van der Waals surface area contributed by atoms with Crippen molar-refractivity contribution in [2.75, 3.05) is 24.2 Å². The number of amides is 2. The van der Waals surface area contributed by atoms with Gasteiger partial charge in [-0.05, 0) is 50.1 Å². The van der Waals surface area contributed by atoms with Crippen molar-refractivity contribution in [2.24, 2.45) is 0 Å². The van der Waals surface area contributed by atoms with E-state index in [1.807, 2.05) is 13.0 Å². The Balaban J connectivity index is 2.49. The number of carbonyl (C=O) groups is 2. The number of nitrogens with zero attached hydrogens (tertiary/aromatic N) is 2. The fraction of sp³-hybridized carbons (Fsp3) is 0.364. The van der Waals surface area contributed by atoms with E-state index in [-0.39, 0.29) is 6.54 Å². The molecule has 0 unspecified atom stereocenters. The molecule has 0 saturated heterocycles. The molecule has 2 rings (SSSR count). The number of likely N-dealkylation sites (N-methyl/N-ethyl adjacent to an activating group) is 1. The lowest BCUT2D eigenvalue weighted by atomic mass is 10.1. The molecule has 0 bridgehead atoms. The number of sulfonamides is 1. The molecule has 2 aromatic carbocycles. The van der Waals surface area contributed by atoms with Gasteiger partial charge >= 0.3 is 0 Å². The highest BCUT2D eigenvalue weighted by atomic mass is 35.5. The van der Waals surface area contributed by atoms with Crippen molar-refractivity contribution in [1.82, 2.24) is 10.2 Å². The van der Waals surface area contributed by atoms with Gasteiger partial charge in [-0.3, -0.25) is 13.9 Å². The topological polar surface area (TPSA) is 86.8 Å². The van der Waals surface area contributed by atoms with Crippen LogP contribution in [0.15, 0.2) is 36.4 Å². The third-order valence-corrected chi connectivity index (χ3v) is 6.95. The zero-order valence-electron chi connectivity index (χ0n) is 18.6. The number of nitrogens with one attached hydrogen (secondary N) is 1. The molecule has 0 heterocycles. The van der Waals surface area contributed by atoms with E-state index in [2.05, 4.69) is 5.32 Å². The average Bonchev–Trinajstić information content (AvgIpc) is 2.71. The summed E-state index contributed by atoms with van der Waals surface area (Å²) < 4.78 is 26.3. The first-order valence-electron chi connectivity index (χ1n) is 9.85. The van der Waals surface area contributed by atoms with Crippen molar-refractivity contribution in [2.45, 2.75) is 33.4 Å². The second-order valence-corrected chi connectivity index (χ2v) is 10.3. The summed E-state index contributed by atoms with van der Waals surface area (Å²) in [5.41, 5.74) is 2.43. The fourth-order valence-corrected chi connectivity index (χ4v) is 4.64. The lowest BCUT2D eigenvalue weighted by Gasteiger charge is -2.32. The summed E-state index contributed by atoms with van der Waals surface area (Å²) in [6.07, 6.45) is 1.04. The van der Waals surface area contributed by atoms with Gasteiger partial charge in [-0.15, -0.1) is 0 Å². The van der Waals surface area contributed by atoms with E-state index >= 15 is 0 Å². The van der Waals surface area contributed by atoms with Crippen LogP contribution in [0.1, 0.15) is 23.6 Å². The molecule has 2 amide bonds. The summed E-state index contributed by atoms with van der Waals surface area (Å²) in [4.78, 5) is 27.1. The van der Waals surface area contributed by atoms with Gasteiger partial charge in [-0.1, -0.05) is 41.4 Å². The molecule has 1 N–H and O–H groups in total. The van der Waals surface area contributed by atoms with Gasteiger partial charge in [0.2, 0.25) is 21.8 Å². The number of anilines is 1. The lowest BCUT2D eigenvalue weighted by Crippen LogP contribution is -2.50. The number of hydrogen-bond acceptors (Lipinski definition) is 4. The van der Waals surface area contributed by atoms with Crippen LogP contribution in [0.4, 0.5) is 5.69 Å². The van der Waals surface area contributed by atoms with Crippen LogP contribution in [-0.4, -0.2) is 51.0 Å². The van der Waals surface area contributed by atoms with Crippen LogP contribution in [0.2, 0.25) is 10.0 Å². The van der Waals surface area contributed by atoms with Crippen LogP contribution >= 0.6 is 23.2 Å². The van der Waals surface area contributed by atoms with Gasteiger partial charge in [0, 0.05) is 29.2 Å². The van der Waals surface area contributed by atoms with E-state index in [1.165, 1.54) is 11.9 Å². The highest BCUT2D eigenvalue weighted by Gasteiger charge is 2.31. The monoisotopic (exact) mass is 499 g/mol. The Morgan fingerprint density at radius 1 is 1.09 bits per heavy atom. The first kappa shape index (κ1) is 26.0. The minimum absolute atomic E-state index is 0.0592. The molecule has 0 aliphatic rings. The molecule has 7 nitrogen and oxygen atoms in total. The Labute approximate surface area is 199 Å². The normalized spacial score (nSPS) is 12.2. The Hall–Kier alpha value is -2.29. The summed E-state index contributed by atoms with van der Waals surface area (Å²) in [5.74, 6) is -0.970. The van der Waals surface area contributed by atoms with Crippen LogP contribution in [0.25, 0.3) is 0 Å². The summed E-state index contributed by atoms with van der Waals surface area (Å²) >= 11 is 12.6. The molecule has 32 heavy (non-hydrogen) atoms. The van der Waals surface area contributed by atoms with Gasteiger partial charge in [0.15, 0.2) is 0 Å². The molecule has 0 aliphatic heterocycles. The molecule has 0 fully saturated rings.